The van der Waals surface area contributed by atoms with E-state index in [0.717, 1.165) is 11.5 Å². The number of aliphatic carboxylic acids is 1. The quantitative estimate of drug-likeness (QED) is 0.886. The van der Waals surface area contributed by atoms with Gasteiger partial charge in [0.1, 0.15) is 17.1 Å². The van der Waals surface area contributed by atoms with Crippen molar-refractivity contribution in [2.45, 2.75) is 32.2 Å². The van der Waals surface area contributed by atoms with E-state index in [1.165, 1.54) is 0 Å². The average Bonchev–Trinajstić information content (AvgIpc) is 2.69. The molecule has 0 aromatic carbocycles. The van der Waals surface area contributed by atoms with Crippen molar-refractivity contribution < 1.29 is 19.1 Å². The van der Waals surface area contributed by atoms with Crippen molar-refractivity contribution in [1.82, 2.24) is 5.32 Å². The summed E-state index contributed by atoms with van der Waals surface area (Å²) in [4.78, 5) is 23.7. The van der Waals surface area contributed by atoms with Crippen LogP contribution in [-0.4, -0.2) is 34.0 Å². The van der Waals surface area contributed by atoms with Crippen LogP contribution in [0.4, 0.5) is 0 Å². The van der Waals surface area contributed by atoms with E-state index < -0.39 is 11.5 Å². The molecule has 6 heteroatoms. The predicted molar refractivity (Wildman–Crippen MR) is 72.6 cm³/mol. The highest BCUT2D eigenvalue weighted by atomic mass is 32.2. The van der Waals surface area contributed by atoms with Gasteiger partial charge in [0.15, 0.2) is 0 Å². The molecule has 1 aliphatic heterocycles. The Hall–Kier alpha value is -1.43. The third-order valence-electron chi connectivity index (χ3n) is 3.39. The first kappa shape index (κ1) is 14.0. The van der Waals surface area contributed by atoms with E-state index in [0.29, 0.717) is 29.9 Å². The molecule has 1 fully saturated rings. The zero-order valence-electron chi connectivity index (χ0n) is 11.0. The molecule has 0 unspecified atom stereocenters. The summed E-state index contributed by atoms with van der Waals surface area (Å²) in [7, 11) is 0. The van der Waals surface area contributed by atoms with Gasteiger partial charge in [0.2, 0.25) is 0 Å². The van der Waals surface area contributed by atoms with Crippen LogP contribution in [0, 0.1) is 13.8 Å². The van der Waals surface area contributed by atoms with Crippen LogP contribution in [0.2, 0.25) is 0 Å². The molecule has 5 nitrogen and oxygen atoms in total. The summed E-state index contributed by atoms with van der Waals surface area (Å²) in [5.74, 6) is 1.32. The number of aryl methyl sites for hydroxylation is 2. The van der Waals surface area contributed by atoms with Gasteiger partial charge in [-0.3, -0.25) is 4.79 Å². The van der Waals surface area contributed by atoms with E-state index in [4.69, 9.17) is 4.42 Å². The van der Waals surface area contributed by atoms with Gasteiger partial charge in [0.05, 0.1) is 5.56 Å². The number of hydrogen-bond donors (Lipinski definition) is 2. The van der Waals surface area contributed by atoms with Gasteiger partial charge < -0.3 is 14.8 Å². The molecule has 1 aromatic rings. The van der Waals surface area contributed by atoms with Crippen LogP contribution in [0.1, 0.15) is 34.7 Å². The first-order chi connectivity index (χ1) is 8.94. The molecule has 2 N–H and O–H groups in total. The molecule has 0 bridgehead atoms. The first-order valence-electron chi connectivity index (χ1n) is 6.15. The zero-order chi connectivity index (χ0) is 14.0. The smallest absolute Gasteiger partial charge is 0.329 e. The van der Waals surface area contributed by atoms with E-state index in [-0.39, 0.29) is 5.91 Å². The minimum atomic E-state index is -1.14. The summed E-state index contributed by atoms with van der Waals surface area (Å²) in [6, 6.07) is 1.64. The minimum Gasteiger partial charge on any atom is -0.480 e. The van der Waals surface area contributed by atoms with Crippen LogP contribution < -0.4 is 5.32 Å². The van der Waals surface area contributed by atoms with E-state index in [9.17, 15) is 14.7 Å². The molecule has 2 rings (SSSR count). The van der Waals surface area contributed by atoms with Crippen LogP contribution in [-0.2, 0) is 4.79 Å². The second kappa shape index (κ2) is 5.28. The maximum absolute atomic E-state index is 12.2. The Morgan fingerprint density at radius 3 is 2.47 bits per heavy atom. The summed E-state index contributed by atoms with van der Waals surface area (Å²) in [5, 5.41) is 12.1. The average molecular weight is 283 g/mol. The Bertz CT molecular complexity index is 503. The van der Waals surface area contributed by atoms with Gasteiger partial charge >= 0.3 is 5.97 Å². The van der Waals surface area contributed by atoms with E-state index in [2.05, 4.69) is 5.32 Å². The van der Waals surface area contributed by atoms with Crippen molar-refractivity contribution >= 4 is 23.6 Å². The number of amides is 1. The van der Waals surface area contributed by atoms with Crippen LogP contribution in [0.15, 0.2) is 10.5 Å². The van der Waals surface area contributed by atoms with Crippen LogP contribution >= 0.6 is 11.8 Å². The highest BCUT2D eigenvalue weighted by Gasteiger charge is 2.41. The summed E-state index contributed by atoms with van der Waals surface area (Å²) in [6.45, 7) is 3.46. The van der Waals surface area contributed by atoms with Gasteiger partial charge in [-0.1, -0.05) is 0 Å². The Morgan fingerprint density at radius 2 is 2.00 bits per heavy atom. The maximum Gasteiger partial charge on any atom is 0.329 e. The number of rotatable bonds is 3. The zero-order valence-corrected chi connectivity index (χ0v) is 11.8. The van der Waals surface area contributed by atoms with Crippen molar-refractivity contribution in [2.24, 2.45) is 0 Å². The SMILES string of the molecule is Cc1cc(C(=O)NC2(C(=O)O)CCSCC2)c(C)o1. The van der Waals surface area contributed by atoms with E-state index in [1.807, 2.05) is 0 Å². The monoisotopic (exact) mass is 283 g/mol. The lowest BCUT2D eigenvalue weighted by molar-refractivity contribution is -0.144. The molecule has 2 heterocycles. The third kappa shape index (κ3) is 2.78. The van der Waals surface area contributed by atoms with Gasteiger partial charge in [-0.05, 0) is 44.3 Å². The molecule has 104 valence electrons. The van der Waals surface area contributed by atoms with Crippen LogP contribution in [0.5, 0.6) is 0 Å². The molecule has 1 aliphatic rings. The predicted octanol–water partition coefficient (Wildman–Crippen LogP) is 1.98. The highest BCUT2D eigenvalue weighted by molar-refractivity contribution is 7.99. The maximum atomic E-state index is 12.2. The minimum absolute atomic E-state index is 0.372. The van der Waals surface area contributed by atoms with Crippen LogP contribution in [0.25, 0.3) is 0 Å². The summed E-state index contributed by atoms with van der Waals surface area (Å²) in [5.41, 5.74) is -0.726. The number of furan rings is 1. The van der Waals surface area contributed by atoms with Crippen molar-refractivity contribution in [3.05, 3.63) is 23.2 Å². The van der Waals surface area contributed by atoms with Crippen molar-refractivity contribution in [3.8, 4) is 0 Å². The molecule has 0 saturated carbocycles. The number of hydrogen-bond acceptors (Lipinski definition) is 4. The molecule has 0 radical (unpaired) electrons. The molecular formula is C13H17NO4S. The van der Waals surface area contributed by atoms with Crippen molar-refractivity contribution in [3.63, 3.8) is 0 Å². The summed E-state index contributed by atoms with van der Waals surface area (Å²) in [6.07, 6.45) is 0.906. The number of thioether (sulfide) groups is 1. The third-order valence-corrected chi connectivity index (χ3v) is 4.38. The molecule has 0 aliphatic carbocycles. The molecule has 1 saturated heterocycles. The number of nitrogens with one attached hydrogen (secondary N) is 1. The Balaban J connectivity index is 2.20. The normalized spacial score (nSPS) is 18.0. The molecular weight excluding hydrogens is 266 g/mol. The topological polar surface area (TPSA) is 79.5 Å². The summed E-state index contributed by atoms with van der Waals surface area (Å²) < 4.78 is 5.31. The molecule has 19 heavy (non-hydrogen) atoms. The van der Waals surface area contributed by atoms with Crippen molar-refractivity contribution in [1.29, 1.82) is 0 Å². The van der Waals surface area contributed by atoms with E-state index >= 15 is 0 Å². The molecule has 1 amide bonds. The molecule has 0 spiro atoms. The fraction of sp³-hybridized carbons (Fsp3) is 0.538. The second-order valence-electron chi connectivity index (χ2n) is 4.78. The van der Waals surface area contributed by atoms with Gasteiger partial charge in [-0.15, -0.1) is 0 Å². The Kier molecular flexibility index (Phi) is 3.89. The van der Waals surface area contributed by atoms with Gasteiger partial charge in [0.25, 0.3) is 5.91 Å². The summed E-state index contributed by atoms with van der Waals surface area (Å²) >= 11 is 1.71. The number of carbonyl (C=O) groups excluding carboxylic acids is 1. The fourth-order valence-corrected chi connectivity index (χ4v) is 3.44. The Morgan fingerprint density at radius 1 is 1.37 bits per heavy atom. The first-order valence-corrected chi connectivity index (χ1v) is 7.31. The standard InChI is InChI=1S/C13H17NO4S/c1-8-7-10(9(2)18-8)11(15)14-13(12(16)17)3-5-19-6-4-13/h7H,3-6H2,1-2H3,(H,14,15)(H,16,17). The Labute approximate surface area is 115 Å². The number of carboxylic acid groups (broad SMARTS) is 1. The van der Waals surface area contributed by atoms with Gasteiger partial charge in [0, 0.05) is 0 Å². The lowest BCUT2D eigenvalue weighted by Gasteiger charge is -2.33. The van der Waals surface area contributed by atoms with Gasteiger partial charge in [-0.25, -0.2) is 4.79 Å². The number of carbonyl (C=O) groups is 2. The fourth-order valence-electron chi connectivity index (χ4n) is 2.25. The van der Waals surface area contributed by atoms with Crippen molar-refractivity contribution in [2.75, 3.05) is 11.5 Å². The molecule has 1 aromatic heterocycles. The highest BCUT2D eigenvalue weighted by Crippen LogP contribution is 2.28. The van der Waals surface area contributed by atoms with Gasteiger partial charge in [-0.2, -0.15) is 11.8 Å². The largest absolute Gasteiger partial charge is 0.480 e. The second-order valence-corrected chi connectivity index (χ2v) is 6.01. The van der Waals surface area contributed by atoms with Crippen LogP contribution in [0.3, 0.4) is 0 Å². The lowest BCUT2D eigenvalue weighted by atomic mass is 9.92. The number of carboxylic acids is 1. The molecule has 0 atom stereocenters. The lowest BCUT2D eigenvalue weighted by Crippen LogP contribution is -2.56. The van der Waals surface area contributed by atoms with E-state index in [1.54, 1.807) is 31.7 Å².